The highest BCUT2D eigenvalue weighted by atomic mass is 16.4. The number of aldehydes is 1. The summed E-state index contributed by atoms with van der Waals surface area (Å²) in [5.41, 5.74) is 1.11. The molecule has 96 valence electrons. The monoisotopic (exact) mass is 247 g/mol. The van der Waals surface area contributed by atoms with E-state index in [9.17, 15) is 9.59 Å². The molecule has 0 aliphatic carbocycles. The second kappa shape index (κ2) is 5.31. The molecule has 1 heterocycles. The van der Waals surface area contributed by atoms with E-state index >= 15 is 0 Å². The van der Waals surface area contributed by atoms with Crippen LogP contribution >= 0.6 is 0 Å². The topological polar surface area (TPSA) is 57.6 Å². The minimum absolute atomic E-state index is 0.102. The molecule has 0 unspecified atom stereocenters. The number of carboxylic acid groups (broad SMARTS) is 1. The largest absolute Gasteiger partial charge is 0.480 e. The zero-order valence-electron chi connectivity index (χ0n) is 10.3. The lowest BCUT2D eigenvalue weighted by atomic mass is 9.90. The summed E-state index contributed by atoms with van der Waals surface area (Å²) in [6.07, 6.45) is 0.951. The lowest BCUT2D eigenvalue weighted by Gasteiger charge is -2.20. The summed E-state index contributed by atoms with van der Waals surface area (Å²) < 4.78 is 0. The SMILES string of the molecule is C[C@H](C(=O)O)N1C[C@H](c2ccccc2)[C@@H](C=O)C1. The Morgan fingerprint density at radius 3 is 2.61 bits per heavy atom. The summed E-state index contributed by atoms with van der Waals surface area (Å²) in [7, 11) is 0. The predicted octanol–water partition coefficient (Wildman–Crippen LogP) is 1.37. The lowest BCUT2D eigenvalue weighted by molar-refractivity contribution is -0.142. The first-order chi connectivity index (χ1) is 8.63. The van der Waals surface area contributed by atoms with E-state index in [1.807, 2.05) is 35.2 Å². The van der Waals surface area contributed by atoms with Crippen molar-refractivity contribution in [3.63, 3.8) is 0 Å². The van der Waals surface area contributed by atoms with Gasteiger partial charge in [0.25, 0.3) is 0 Å². The molecule has 1 aromatic carbocycles. The number of hydrogen-bond donors (Lipinski definition) is 1. The Morgan fingerprint density at radius 1 is 1.39 bits per heavy atom. The fourth-order valence-corrected chi connectivity index (χ4v) is 2.52. The Bertz CT molecular complexity index is 432. The van der Waals surface area contributed by atoms with Gasteiger partial charge < -0.3 is 9.90 Å². The van der Waals surface area contributed by atoms with Crippen molar-refractivity contribution in [1.29, 1.82) is 0 Å². The highest BCUT2D eigenvalue weighted by molar-refractivity contribution is 5.73. The molecule has 4 nitrogen and oxygen atoms in total. The van der Waals surface area contributed by atoms with Crippen LogP contribution in [0.15, 0.2) is 30.3 Å². The quantitative estimate of drug-likeness (QED) is 0.816. The Morgan fingerprint density at radius 2 is 2.06 bits per heavy atom. The molecule has 1 aliphatic rings. The van der Waals surface area contributed by atoms with Crippen molar-refractivity contribution in [1.82, 2.24) is 4.90 Å². The van der Waals surface area contributed by atoms with Crippen molar-refractivity contribution in [3.8, 4) is 0 Å². The van der Waals surface area contributed by atoms with Crippen LogP contribution in [-0.4, -0.2) is 41.4 Å². The van der Waals surface area contributed by atoms with Crippen LogP contribution in [0.2, 0.25) is 0 Å². The molecule has 2 rings (SSSR count). The molecule has 0 amide bonds. The molecular formula is C14H17NO3. The maximum absolute atomic E-state index is 11.2. The predicted molar refractivity (Wildman–Crippen MR) is 67.4 cm³/mol. The van der Waals surface area contributed by atoms with Gasteiger partial charge in [-0.15, -0.1) is 0 Å². The Labute approximate surface area is 106 Å². The Hall–Kier alpha value is -1.68. The molecule has 0 saturated carbocycles. The molecule has 1 N–H and O–H groups in total. The van der Waals surface area contributed by atoms with Crippen molar-refractivity contribution >= 4 is 12.3 Å². The number of likely N-dealkylation sites (tertiary alicyclic amines) is 1. The number of rotatable bonds is 4. The van der Waals surface area contributed by atoms with Gasteiger partial charge in [-0.2, -0.15) is 0 Å². The van der Waals surface area contributed by atoms with Gasteiger partial charge in [0.15, 0.2) is 0 Å². The molecule has 1 aromatic rings. The van der Waals surface area contributed by atoms with Gasteiger partial charge in [-0.05, 0) is 12.5 Å². The van der Waals surface area contributed by atoms with Gasteiger partial charge in [-0.25, -0.2) is 0 Å². The molecule has 1 saturated heterocycles. The van der Waals surface area contributed by atoms with Crippen molar-refractivity contribution in [2.45, 2.75) is 18.9 Å². The van der Waals surface area contributed by atoms with E-state index in [2.05, 4.69) is 0 Å². The third-order valence-corrected chi connectivity index (χ3v) is 3.70. The third-order valence-electron chi connectivity index (χ3n) is 3.70. The zero-order valence-corrected chi connectivity index (χ0v) is 10.3. The minimum Gasteiger partial charge on any atom is -0.480 e. The molecule has 18 heavy (non-hydrogen) atoms. The summed E-state index contributed by atoms with van der Waals surface area (Å²) in [6.45, 7) is 2.81. The van der Waals surface area contributed by atoms with Crippen LogP contribution in [0.1, 0.15) is 18.4 Å². The molecule has 1 fully saturated rings. The number of carbonyl (C=O) groups is 2. The van der Waals surface area contributed by atoms with E-state index < -0.39 is 12.0 Å². The summed E-state index contributed by atoms with van der Waals surface area (Å²) in [4.78, 5) is 24.0. The number of carboxylic acids is 1. The molecule has 0 bridgehead atoms. The molecule has 4 heteroatoms. The standard InChI is InChI=1S/C14H17NO3/c1-10(14(17)18)15-7-12(9-16)13(8-15)11-5-3-2-4-6-11/h2-6,9-10,12-13H,7-8H2,1H3,(H,17,18)/t10-,12-,13-/m1/s1. The fraction of sp³-hybridized carbons (Fsp3) is 0.429. The first-order valence-electron chi connectivity index (χ1n) is 6.10. The van der Waals surface area contributed by atoms with Crippen molar-refractivity contribution in [2.24, 2.45) is 5.92 Å². The number of benzene rings is 1. The van der Waals surface area contributed by atoms with Crippen LogP contribution < -0.4 is 0 Å². The smallest absolute Gasteiger partial charge is 0.320 e. The summed E-state index contributed by atoms with van der Waals surface area (Å²) in [6, 6.07) is 9.28. The first kappa shape index (κ1) is 12.8. The van der Waals surface area contributed by atoms with E-state index in [0.29, 0.717) is 13.1 Å². The van der Waals surface area contributed by atoms with Gasteiger partial charge in [-0.1, -0.05) is 30.3 Å². The van der Waals surface area contributed by atoms with Crippen LogP contribution in [0.4, 0.5) is 0 Å². The highest BCUT2D eigenvalue weighted by Crippen LogP contribution is 2.32. The second-order valence-corrected chi connectivity index (χ2v) is 4.79. The maximum atomic E-state index is 11.2. The van der Waals surface area contributed by atoms with Gasteiger partial charge in [0.05, 0.1) is 0 Å². The van der Waals surface area contributed by atoms with E-state index in [4.69, 9.17) is 5.11 Å². The van der Waals surface area contributed by atoms with E-state index in [-0.39, 0.29) is 11.8 Å². The highest BCUT2D eigenvalue weighted by Gasteiger charge is 2.37. The van der Waals surface area contributed by atoms with Gasteiger partial charge in [0.1, 0.15) is 12.3 Å². The Kier molecular flexibility index (Phi) is 3.77. The molecule has 0 spiro atoms. The van der Waals surface area contributed by atoms with E-state index in [0.717, 1.165) is 11.8 Å². The van der Waals surface area contributed by atoms with Crippen molar-refractivity contribution < 1.29 is 14.7 Å². The van der Waals surface area contributed by atoms with E-state index in [1.165, 1.54) is 0 Å². The number of nitrogens with zero attached hydrogens (tertiary/aromatic N) is 1. The first-order valence-corrected chi connectivity index (χ1v) is 6.10. The third kappa shape index (κ3) is 2.43. The zero-order chi connectivity index (χ0) is 13.1. The van der Waals surface area contributed by atoms with Gasteiger partial charge in [-0.3, -0.25) is 9.69 Å². The van der Waals surface area contributed by atoms with Crippen LogP contribution in [0.5, 0.6) is 0 Å². The summed E-state index contributed by atoms with van der Waals surface area (Å²) >= 11 is 0. The fourth-order valence-electron chi connectivity index (χ4n) is 2.52. The average molecular weight is 247 g/mol. The van der Waals surface area contributed by atoms with Crippen LogP contribution in [-0.2, 0) is 9.59 Å². The van der Waals surface area contributed by atoms with Gasteiger partial charge in [0, 0.05) is 24.9 Å². The van der Waals surface area contributed by atoms with Gasteiger partial charge in [0.2, 0.25) is 0 Å². The number of hydrogen-bond acceptors (Lipinski definition) is 3. The van der Waals surface area contributed by atoms with E-state index in [1.54, 1.807) is 6.92 Å². The lowest BCUT2D eigenvalue weighted by Crippen LogP contribution is -2.37. The number of aliphatic carboxylic acids is 1. The Balaban J connectivity index is 2.17. The van der Waals surface area contributed by atoms with Crippen molar-refractivity contribution in [2.75, 3.05) is 13.1 Å². The van der Waals surface area contributed by atoms with Crippen molar-refractivity contribution in [3.05, 3.63) is 35.9 Å². The summed E-state index contributed by atoms with van der Waals surface area (Å²) in [5, 5.41) is 9.03. The van der Waals surface area contributed by atoms with Crippen LogP contribution in [0, 0.1) is 5.92 Å². The maximum Gasteiger partial charge on any atom is 0.320 e. The van der Waals surface area contributed by atoms with Crippen LogP contribution in [0.25, 0.3) is 0 Å². The number of carbonyl (C=O) groups excluding carboxylic acids is 1. The van der Waals surface area contributed by atoms with Gasteiger partial charge >= 0.3 is 5.97 Å². The molecular weight excluding hydrogens is 230 g/mol. The normalized spacial score (nSPS) is 25.8. The second-order valence-electron chi connectivity index (χ2n) is 4.79. The molecule has 0 radical (unpaired) electrons. The average Bonchev–Trinajstić information content (AvgIpc) is 2.82. The van der Waals surface area contributed by atoms with Crippen LogP contribution in [0.3, 0.4) is 0 Å². The minimum atomic E-state index is -0.839. The summed E-state index contributed by atoms with van der Waals surface area (Å²) in [5.74, 6) is -0.854. The molecule has 3 atom stereocenters. The molecule has 0 aromatic heterocycles. The molecule has 1 aliphatic heterocycles.